The van der Waals surface area contributed by atoms with Crippen LogP contribution in [0.3, 0.4) is 0 Å². The van der Waals surface area contributed by atoms with E-state index in [2.05, 4.69) is 15.4 Å². The summed E-state index contributed by atoms with van der Waals surface area (Å²) in [5.41, 5.74) is 1.07. The van der Waals surface area contributed by atoms with Crippen LogP contribution in [-0.2, 0) is 16.0 Å². The van der Waals surface area contributed by atoms with Crippen molar-refractivity contribution in [2.24, 2.45) is 0 Å². The number of nitrogens with one attached hydrogen (secondary N) is 1. The Morgan fingerprint density at radius 3 is 3.17 bits per heavy atom. The van der Waals surface area contributed by atoms with Gasteiger partial charge in [-0.1, -0.05) is 12.1 Å². The second-order valence-corrected chi connectivity index (χ2v) is 5.99. The second kappa shape index (κ2) is 6.48. The van der Waals surface area contributed by atoms with Crippen molar-refractivity contribution in [3.05, 3.63) is 42.5 Å². The lowest BCUT2D eigenvalue weighted by Gasteiger charge is -2.38. The summed E-state index contributed by atoms with van der Waals surface area (Å²) in [4.78, 5) is 3.95. The van der Waals surface area contributed by atoms with E-state index in [9.17, 15) is 5.11 Å². The van der Waals surface area contributed by atoms with E-state index in [1.54, 1.807) is 18.1 Å². The predicted molar refractivity (Wildman–Crippen MR) is 83.3 cm³/mol. The molecule has 1 aromatic heterocycles. The van der Waals surface area contributed by atoms with Gasteiger partial charge in [0.05, 0.1) is 25.9 Å². The first-order valence-electron chi connectivity index (χ1n) is 7.92. The lowest BCUT2D eigenvalue weighted by molar-refractivity contribution is -0.168. The van der Waals surface area contributed by atoms with Gasteiger partial charge in [-0.2, -0.15) is 5.10 Å². The van der Waals surface area contributed by atoms with E-state index < -0.39 is 18.4 Å². The molecule has 0 unspecified atom stereocenters. The van der Waals surface area contributed by atoms with Crippen molar-refractivity contribution in [2.75, 3.05) is 13.7 Å². The van der Waals surface area contributed by atoms with Crippen LogP contribution in [-0.4, -0.2) is 58.1 Å². The molecular formula is C16H20N4O4. The molecule has 2 fully saturated rings. The maximum Gasteiger partial charge on any atom is 0.183 e. The van der Waals surface area contributed by atoms with E-state index in [0.717, 1.165) is 11.3 Å². The van der Waals surface area contributed by atoms with Gasteiger partial charge in [0.15, 0.2) is 6.29 Å². The minimum atomic E-state index is -0.691. The normalized spacial score (nSPS) is 32.0. The molecule has 2 aromatic rings. The van der Waals surface area contributed by atoms with Gasteiger partial charge < -0.3 is 24.6 Å². The van der Waals surface area contributed by atoms with Gasteiger partial charge in [0.2, 0.25) is 0 Å². The fourth-order valence-corrected chi connectivity index (χ4v) is 3.32. The van der Waals surface area contributed by atoms with E-state index in [4.69, 9.17) is 14.2 Å². The number of rotatable bonds is 5. The van der Waals surface area contributed by atoms with E-state index in [1.807, 2.05) is 24.3 Å². The first-order valence-corrected chi connectivity index (χ1v) is 7.92. The highest BCUT2D eigenvalue weighted by molar-refractivity contribution is 5.28. The quantitative estimate of drug-likeness (QED) is 0.802. The third kappa shape index (κ3) is 2.78. The Morgan fingerprint density at radius 2 is 2.38 bits per heavy atom. The topological polar surface area (TPSA) is 90.7 Å². The highest BCUT2D eigenvalue weighted by Gasteiger charge is 2.51. The third-order valence-corrected chi connectivity index (χ3v) is 4.55. The first-order chi connectivity index (χ1) is 11.8. The third-order valence-electron chi connectivity index (χ3n) is 4.55. The Balaban J connectivity index is 1.49. The minimum Gasteiger partial charge on any atom is -0.497 e. The average Bonchev–Trinajstić information content (AvgIpc) is 3.27. The molecule has 8 nitrogen and oxygen atoms in total. The SMILES string of the molecule is COc1cccc(CN[C@H]2[C@H](O)[C@@H](n3cncn3)[C@@H]3OC[C@H]2O3)c1. The van der Waals surface area contributed by atoms with E-state index in [0.29, 0.717) is 13.2 Å². The van der Waals surface area contributed by atoms with Gasteiger partial charge in [-0.25, -0.2) is 9.67 Å². The van der Waals surface area contributed by atoms with Crippen molar-refractivity contribution < 1.29 is 19.3 Å². The molecule has 3 heterocycles. The van der Waals surface area contributed by atoms with Crippen molar-refractivity contribution in [2.45, 2.75) is 37.1 Å². The van der Waals surface area contributed by atoms with E-state index >= 15 is 0 Å². The Bertz CT molecular complexity index is 680. The van der Waals surface area contributed by atoms with Crippen molar-refractivity contribution >= 4 is 0 Å². The number of aliphatic hydroxyl groups is 1. The number of hydrogen-bond donors (Lipinski definition) is 2. The summed E-state index contributed by atoms with van der Waals surface area (Å²) in [5.74, 6) is 0.805. The smallest absolute Gasteiger partial charge is 0.183 e. The molecule has 2 aliphatic heterocycles. The molecule has 2 bridgehead atoms. The molecule has 2 aliphatic rings. The molecule has 0 saturated carbocycles. The number of hydrogen-bond acceptors (Lipinski definition) is 7. The van der Waals surface area contributed by atoms with E-state index in [1.165, 1.54) is 6.33 Å². The molecule has 4 rings (SSSR count). The Labute approximate surface area is 139 Å². The summed E-state index contributed by atoms with van der Waals surface area (Å²) >= 11 is 0. The monoisotopic (exact) mass is 332 g/mol. The van der Waals surface area contributed by atoms with Gasteiger partial charge in [0, 0.05) is 6.54 Å². The molecule has 24 heavy (non-hydrogen) atoms. The number of benzene rings is 1. The molecule has 0 aliphatic carbocycles. The fourth-order valence-electron chi connectivity index (χ4n) is 3.32. The Morgan fingerprint density at radius 1 is 1.46 bits per heavy atom. The number of fused-ring (bicyclic) bond motifs is 2. The maximum absolute atomic E-state index is 10.8. The Kier molecular flexibility index (Phi) is 4.19. The molecule has 1 aromatic carbocycles. The molecular weight excluding hydrogens is 312 g/mol. The van der Waals surface area contributed by atoms with Gasteiger partial charge in [-0.15, -0.1) is 0 Å². The molecule has 2 saturated heterocycles. The van der Waals surface area contributed by atoms with Crippen molar-refractivity contribution in [3.63, 3.8) is 0 Å². The van der Waals surface area contributed by atoms with Crippen LogP contribution in [0.25, 0.3) is 0 Å². The molecule has 2 N–H and O–H groups in total. The van der Waals surface area contributed by atoms with Gasteiger partial charge >= 0.3 is 0 Å². The highest BCUT2D eigenvalue weighted by atomic mass is 16.7. The molecule has 128 valence electrons. The summed E-state index contributed by atoms with van der Waals surface area (Å²) in [7, 11) is 1.64. The molecule has 8 heteroatoms. The zero-order valence-corrected chi connectivity index (χ0v) is 13.3. The summed E-state index contributed by atoms with van der Waals surface area (Å²) < 4.78 is 18.4. The average molecular weight is 332 g/mol. The standard InChI is InChI=1S/C16H20N4O4/c1-22-11-4-2-3-10(5-11)6-18-13-12-7-23-16(24-12)14(15(13)21)20-9-17-8-19-20/h2-5,8-9,12-16,18,21H,6-7H2,1H3/t12-,13-,14-,15+,16-/m1/s1. The van der Waals surface area contributed by atoms with Gasteiger partial charge in [-0.3, -0.25) is 0 Å². The summed E-state index contributed by atoms with van der Waals surface area (Å²) in [5, 5.41) is 18.3. The van der Waals surface area contributed by atoms with Crippen LogP contribution in [0.1, 0.15) is 11.6 Å². The zero-order valence-electron chi connectivity index (χ0n) is 13.3. The van der Waals surface area contributed by atoms with Gasteiger partial charge in [0.25, 0.3) is 0 Å². The largest absolute Gasteiger partial charge is 0.497 e. The van der Waals surface area contributed by atoms with Crippen molar-refractivity contribution in [1.29, 1.82) is 0 Å². The lowest BCUT2D eigenvalue weighted by atomic mass is 9.96. The number of aromatic nitrogens is 3. The molecule has 5 atom stereocenters. The van der Waals surface area contributed by atoms with E-state index in [-0.39, 0.29) is 12.1 Å². The minimum absolute atomic E-state index is 0.185. The summed E-state index contributed by atoms with van der Waals surface area (Å²) in [6.07, 6.45) is 1.63. The lowest BCUT2D eigenvalue weighted by Crippen LogP contribution is -2.57. The van der Waals surface area contributed by atoms with Crippen LogP contribution in [0.15, 0.2) is 36.9 Å². The number of nitrogens with zero attached hydrogens (tertiary/aromatic N) is 3. The molecule has 0 radical (unpaired) electrons. The van der Waals surface area contributed by atoms with Crippen LogP contribution in [0.5, 0.6) is 5.75 Å². The highest BCUT2D eigenvalue weighted by Crippen LogP contribution is 2.35. The van der Waals surface area contributed by atoms with Crippen molar-refractivity contribution in [1.82, 2.24) is 20.1 Å². The van der Waals surface area contributed by atoms with Crippen LogP contribution in [0.2, 0.25) is 0 Å². The summed E-state index contributed by atoms with van der Waals surface area (Å²) in [6, 6.07) is 7.13. The van der Waals surface area contributed by atoms with Crippen LogP contribution >= 0.6 is 0 Å². The van der Waals surface area contributed by atoms with Crippen LogP contribution in [0, 0.1) is 0 Å². The zero-order chi connectivity index (χ0) is 16.5. The first kappa shape index (κ1) is 15.5. The van der Waals surface area contributed by atoms with Gasteiger partial charge in [-0.05, 0) is 17.7 Å². The molecule has 0 amide bonds. The molecule has 0 spiro atoms. The van der Waals surface area contributed by atoms with Gasteiger partial charge in [0.1, 0.15) is 30.5 Å². The van der Waals surface area contributed by atoms with Crippen molar-refractivity contribution in [3.8, 4) is 5.75 Å². The maximum atomic E-state index is 10.8. The van der Waals surface area contributed by atoms with Crippen LogP contribution in [0.4, 0.5) is 0 Å². The Hall–Kier alpha value is -2.00. The number of ether oxygens (including phenoxy) is 3. The second-order valence-electron chi connectivity index (χ2n) is 5.99. The summed E-state index contributed by atoms with van der Waals surface area (Å²) in [6.45, 7) is 1.04. The predicted octanol–water partition coefficient (Wildman–Crippen LogP) is 0.102. The number of methoxy groups -OCH3 is 1. The fraction of sp³-hybridized carbons (Fsp3) is 0.500. The van der Waals surface area contributed by atoms with Crippen LogP contribution < -0.4 is 10.1 Å². The number of aliphatic hydroxyl groups excluding tert-OH is 1.